The third-order valence-electron chi connectivity index (χ3n) is 4.58. The van der Waals surface area contributed by atoms with Gasteiger partial charge in [0.25, 0.3) is 0 Å². The van der Waals surface area contributed by atoms with E-state index < -0.39 is 6.10 Å². The Morgan fingerprint density at radius 2 is 1.82 bits per heavy atom. The minimum Gasteiger partial charge on any atom is -0.394 e. The highest BCUT2D eigenvalue weighted by molar-refractivity contribution is 6.30. The van der Waals surface area contributed by atoms with Crippen LogP contribution in [0.4, 0.5) is 0 Å². The van der Waals surface area contributed by atoms with Crippen LogP contribution in [0.15, 0.2) is 79.3 Å². The van der Waals surface area contributed by atoms with Gasteiger partial charge >= 0.3 is 0 Å². The first-order valence-electron chi connectivity index (χ1n) is 9.00. The van der Waals surface area contributed by atoms with Crippen molar-refractivity contribution in [2.75, 3.05) is 6.61 Å². The maximum absolute atomic E-state index is 10.0. The van der Waals surface area contributed by atoms with E-state index >= 15 is 0 Å². The Morgan fingerprint density at radius 1 is 1.00 bits per heavy atom. The topological polar surface area (TPSA) is 63.2 Å². The van der Waals surface area contributed by atoms with Crippen LogP contribution < -0.4 is 0 Å². The lowest BCUT2D eigenvalue weighted by molar-refractivity contribution is 0.0815. The molecule has 6 heteroatoms. The summed E-state index contributed by atoms with van der Waals surface area (Å²) in [6.45, 7) is -0.0695. The Labute approximate surface area is 168 Å². The largest absolute Gasteiger partial charge is 0.394 e. The van der Waals surface area contributed by atoms with Crippen LogP contribution in [0.5, 0.6) is 0 Å². The van der Waals surface area contributed by atoms with Crippen molar-refractivity contribution >= 4 is 11.6 Å². The fourth-order valence-corrected chi connectivity index (χ4v) is 3.49. The smallest absolute Gasteiger partial charge is 0.0978 e. The van der Waals surface area contributed by atoms with Gasteiger partial charge in [-0.3, -0.25) is 0 Å². The maximum atomic E-state index is 10.0. The van der Waals surface area contributed by atoms with Crippen molar-refractivity contribution in [1.82, 2.24) is 14.1 Å². The number of aromatic nitrogens is 3. The predicted molar refractivity (Wildman–Crippen MR) is 111 cm³/mol. The summed E-state index contributed by atoms with van der Waals surface area (Å²) in [5.74, 6) is 0. The first-order chi connectivity index (χ1) is 13.7. The molecule has 4 rings (SSSR count). The second-order valence-electron chi connectivity index (χ2n) is 6.54. The number of rotatable bonds is 6. The second kappa shape index (κ2) is 8.02. The summed E-state index contributed by atoms with van der Waals surface area (Å²) in [5.41, 5.74) is 4.51. The van der Waals surface area contributed by atoms with E-state index in [1.165, 1.54) is 0 Å². The standard InChI is InChI=1S/C22H20ClN3O2/c23-17-8-4-9-18(12-17)26-11-5-10-20(26)22-21(16-6-2-1-3-7-16)24-15-25(22)13-19(28)14-27/h1-12,15,19,27-28H,13-14H2/t19-/m1/s1. The zero-order valence-electron chi connectivity index (χ0n) is 15.1. The summed E-state index contributed by atoms with van der Waals surface area (Å²) in [5, 5.41) is 20.0. The third-order valence-corrected chi connectivity index (χ3v) is 4.82. The van der Waals surface area contributed by atoms with Crippen LogP contribution in [0, 0.1) is 0 Å². The number of halogens is 1. The molecule has 2 heterocycles. The van der Waals surface area contributed by atoms with E-state index in [1.54, 1.807) is 6.33 Å². The number of nitrogens with zero attached hydrogens (tertiary/aromatic N) is 3. The van der Waals surface area contributed by atoms with Gasteiger partial charge in [-0.05, 0) is 30.3 Å². The molecule has 0 saturated carbocycles. The fourth-order valence-electron chi connectivity index (χ4n) is 3.31. The molecule has 2 aromatic heterocycles. The molecule has 2 N–H and O–H groups in total. The Morgan fingerprint density at radius 3 is 2.57 bits per heavy atom. The molecule has 1 atom stereocenters. The molecule has 4 aromatic rings. The lowest BCUT2D eigenvalue weighted by Gasteiger charge is -2.16. The fraction of sp³-hybridized carbons (Fsp3) is 0.136. The SMILES string of the molecule is OC[C@H](O)Cn1cnc(-c2ccccc2)c1-c1cccn1-c1cccc(Cl)c1. The van der Waals surface area contributed by atoms with Gasteiger partial charge in [0.15, 0.2) is 0 Å². The number of aliphatic hydroxyl groups excluding tert-OH is 2. The second-order valence-corrected chi connectivity index (χ2v) is 6.98. The average Bonchev–Trinajstić information content (AvgIpc) is 3.35. The molecule has 28 heavy (non-hydrogen) atoms. The van der Waals surface area contributed by atoms with Crippen molar-refractivity contribution in [2.24, 2.45) is 0 Å². The summed E-state index contributed by atoms with van der Waals surface area (Å²) in [6.07, 6.45) is 2.80. The van der Waals surface area contributed by atoms with E-state index in [9.17, 15) is 10.2 Å². The van der Waals surface area contributed by atoms with Gasteiger partial charge < -0.3 is 19.3 Å². The summed E-state index contributed by atoms with van der Waals surface area (Å²) in [6, 6.07) is 21.5. The number of hydrogen-bond donors (Lipinski definition) is 2. The van der Waals surface area contributed by atoms with Crippen molar-refractivity contribution in [3.8, 4) is 28.3 Å². The van der Waals surface area contributed by atoms with Gasteiger partial charge in [0, 0.05) is 22.5 Å². The zero-order chi connectivity index (χ0) is 19.5. The van der Waals surface area contributed by atoms with Crippen molar-refractivity contribution in [1.29, 1.82) is 0 Å². The minimum absolute atomic E-state index is 0.242. The van der Waals surface area contributed by atoms with Crippen LogP contribution in [0.2, 0.25) is 5.02 Å². The highest BCUT2D eigenvalue weighted by Crippen LogP contribution is 2.33. The first kappa shape index (κ1) is 18.5. The molecule has 0 aliphatic heterocycles. The highest BCUT2D eigenvalue weighted by atomic mass is 35.5. The molecule has 5 nitrogen and oxygen atoms in total. The van der Waals surface area contributed by atoms with Crippen molar-refractivity contribution in [2.45, 2.75) is 12.6 Å². The molecule has 142 valence electrons. The predicted octanol–water partition coefficient (Wildman–Crippen LogP) is 4.01. The van der Waals surface area contributed by atoms with Crippen LogP contribution in [0.3, 0.4) is 0 Å². The molecule has 2 aromatic carbocycles. The van der Waals surface area contributed by atoms with Crippen molar-refractivity contribution < 1.29 is 10.2 Å². The normalized spacial score (nSPS) is 12.2. The van der Waals surface area contributed by atoms with Gasteiger partial charge in [0.05, 0.1) is 42.7 Å². The third kappa shape index (κ3) is 3.60. The van der Waals surface area contributed by atoms with Gasteiger partial charge in [-0.25, -0.2) is 4.98 Å². The van der Waals surface area contributed by atoms with Crippen LogP contribution >= 0.6 is 11.6 Å². The average molecular weight is 394 g/mol. The number of imidazole rings is 1. The van der Waals surface area contributed by atoms with Crippen LogP contribution in [-0.2, 0) is 6.54 Å². The Kier molecular flexibility index (Phi) is 5.30. The van der Waals surface area contributed by atoms with Gasteiger partial charge in [0.2, 0.25) is 0 Å². The lowest BCUT2D eigenvalue weighted by atomic mass is 10.1. The van der Waals surface area contributed by atoms with E-state index in [0.717, 1.165) is 28.3 Å². The van der Waals surface area contributed by atoms with Crippen LogP contribution in [-0.4, -0.2) is 37.0 Å². The van der Waals surface area contributed by atoms with E-state index in [2.05, 4.69) is 4.98 Å². The molecular weight excluding hydrogens is 374 g/mol. The van der Waals surface area contributed by atoms with Gasteiger partial charge in [-0.2, -0.15) is 0 Å². The molecule has 0 bridgehead atoms. The van der Waals surface area contributed by atoms with Gasteiger partial charge in [-0.15, -0.1) is 0 Å². The molecule has 0 spiro atoms. The summed E-state index contributed by atoms with van der Waals surface area (Å²) in [7, 11) is 0. The van der Waals surface area contributed by atoms with Crippen molar-refractivity contribution in [3.05, 3.63) is 84.3 Å². The minimum atomic E-state index is -0.869. The quantitative estimate of drug-likeness (QED) is 0.520. The summed E-state index contributed by atoms with van der Waals surface area (Å²) < 4.78 is 3.91. The Hall–Kier alpha value is -2.86. The molecule has 0 aliphatic rings. The zero-order valence-corrected chi connectivity index (χ0v) is 15.9. The van der Waals surface area contributed by atoms with Crippen LogP contribution in [0.25, 0.3) is 28.3 Å². The highest BCUT2D eigenvalue weighted by Gasteiger charge is 2.20. The number of aliphatic hydroxyl groups is 2. The van der Waals surface area contributed by atoms with Gasteiger partial charge in [0.1, 0.15) is 0 Å². The maximum Gasteiger partial charge on any atom is 0.0978 e. The Balaban J connectivity index is 1.89. The summed E-state index contributed by atoms with van der Waals surface area (Å²) >= 11 is 6.19. The molecule has 0 amide bonds. The molecule has 0 saturated heterocycles. The molecule has 0 aliphatic carbocycles. The van der Waals surface area contributed by atoms with E-state index in [1.807, 2.05) is 82.1 Å². The number of hydrogen-bond acceptors (Lipinski definition) is 3. The van der Waals surface area contributed by atoms with E-state index in [0.29, 0.717) is 5.02 Å². The van der Waals surface area contributed by atoms with Gasteiger partial charge in [-0.1, -0.05) is 48.0 Å². The molecular formula is C22H20ClN3O2. The molecule has 0 radical (unpaired) electrons. The molecule has 0 fully saturated rings. The van der Waals surface area contributed by atoms with Crippen molar-refractivity contribution in [3.63, 3.8) is 0 Å². The van der Waals surface area contributed by atoms with E-state index in [4.69, 9.17) is 11.6 Å². The number of benzene rings is 2. The first-order valence-corrected chi connectivity index (χ1v) is 9.38. The summed E-state index contributed by atoms with van der Waals surface area (Å²) in [4.78, 5) is 4.61. The lowest BCUT2D eigenvalue weighted by Crippen LogP contribution is -2.20. The van der Waals surface area contributed by atoms with E-state index in [-0.39, 0.29) is 13.2 Å². The Bertz CT molecular complexity index is 1070. The molecule has 0 unspecified atom stereocenters. The monoisotopic (exact) mass is 393 g/mol. The van der Waals surface area contributed by atoms with Crippen LogP contribution in [0.1, 0.15) is 0 Å².